The summed E-state index contributed by atoms with van der Waals surface area (Å²) in [6, 6.07) is 13.3. The van der Waals surface area contributed by atoms with E-state index in [-0.39, 0.29) is 0 Å². The Kier molecular flexibility index (Phi) is 3.45. The Hall–Kier alpha value is -1.88. The van der Waals surface area contributed by atoms with Gasteiger partial charge in [-0.15, -0.1) is 11.8 Å². The van der Waals surface area contributed by atoms with Crippen LogP contribution in [0.3, 0.4) is 0 Å². The second-order valence-electron chi connectivity index (χ2n) is 4.66. The second kappa shape index (κ2) is 5.15. The molecule has 0 aliphatic carbocycles. The van der Waals surface area contributed by atoms with Gasteiger partial charge in [-0.3, -0.25) is 0 Å². The van der Waals surface area contributed by atoms with Crippen molar-refractivity contribution in [1.82, 2.24) is 4.98 Å². The minimum absolute atomic E-state index is 0.598. The van der Waals surface area contributed by atoms with Crippen molar-refractivity contribution in [3.63, 3.8) is 0 Å². The third kappa shape index (κ3) is 2.53. The van der Waals surface area contributed by atoms with Crippen LogP contribution in [-0.4, -0.2) is 11.2 Å². The average molecular weight is 307 g/mol. The third-order valence-electron chi connectivity index (χ3n) is 3.36. The maximum atomic E-state index is 12.9. The lowest BCUT2D eigenvalue weighted by Gasteiger charge is -2.07. The number of H-pyrrole nitrogens is 1. The van der Waals surface area contributed by atoms with Crippen LogP contribution in [0, 0.1) is 0 Å². The van der Waals surface area contributed by atoms with Gasteiger partial charge in [-0.2, -0.15) is 13.2 Å². The van der Waals surface area contributed by atoms with Gasteiger partial charge in [0.1, 0.15) is 0 Å². The van der Waals surface area contributed by atoms with E-state index in [1.54, 1.807) is 0 Å². The van der Waals surface area contributed by atoms with Crippen molar-refractivity contribution < 1.29 is 13.2 Å². The zero-order valence-electron chi connectivity index (χ0n) is 11.2. The van der Waals surface area contributed by atoms with Crippen molar-refractivity contribution in [1.29, 1.82) is 0 Å². The number of hydrogen-bond donors (Lipinski definition) is 1. The zero-order chi connectivity index (χ0) is 15.0. The van der Waals surface area contributed by atoms with E-state index in [2.05, 4.69) is 4.98 Å². The van der Waals surface area contributed by atoms with Crippen molar-refractivity contribution >= 4 is 22.7 Å². The van der Waals surface area contributed by atoms with E-state index in [0.29, 0.717) is 10.9 Å². The number of fused-ring (bicyclic) bond motifs is 1. The Morgan fingerprint density at radius 2 is 1.71 bits per heavy atom. The highest BCUT2D eigenvalue weighted by atomic mass is 32.2. The SMILES string of the molecule is CSc1[nH]c2ccc(C(F)(F)F)cc2c1-c1ccccc1. The Balaban J connectivity index is 2.30. The van der Waals surface area contributed by atoms with Crippen LogP contribution < -0.4 is 0 Å². The largest absolute Gasteiger partial charge is 0.416 e. The Bertz CT molecular complexity index is 775. The fraction of sp³-hybridized carbons (Fsp3) is 0.125. The van der Waals surface area contributed by atoms with E-state index in [9.17, 15) is 13.2 Å². The average Bonchev–Trinajstić information content (AvgIpc) is 2.84. The first kappa shape index (κ1) is 14.1. The quantitative estimate of drug-likeness (QED) is 0.611. The van der Waals surface area contributed by atoms with Crippen molar-refractivity contribution in [2.75, 3.05) is 6.26 Å². The van der Waals surface area contributed by atoms with Gasteiger partial charge in [0, 0.05) is 16.5 Å². The molecule has 1 aromatic heterocycles. The summed E-state index contributed by atoms with van der Waals surface area (Å²) >= 11 is 1.49. The third-order valence-corrected chi connectivity index (χ3v) is 4.07. The first-order valence-electron chi connectivity index (χ1n) is 6.33. The van der Waals surface area contributed by atoms with Gasteiger partial charge in [-0.25, -0.2) is 0 Å². The van der Waals surface area contributed by atoms with Crippen LogP contribution in [0.2, 0.25) is 0 Å². The molecule has 108 valence electrons. The number of halogens is 3. The van der Waals surface area contributed by atoms with Crippen molar-refractivity contribution in [3.8, 4) is 11.1 Å². The maximum absolute atomic E-state index is 12.9. The standard InChI is InChI=1S/C16H12F3NS/c1-21-15-14(10-5-3-2-4-6-10)12-9-11(16(17,18)19)7-8-13(12)20-15/h2-9,20H,1H3. The number of nitrogens with one attached hydrogen (secondary N) is 1. The van der Waals surface area contributed by atoms with Crippen molar-refractivity contribution in [2.24, 2.45) is 0 Å². The van der Waals surface area contributed by atoms with Gasteiger partial charge in [-0.1, -0.05) is 30.3 Å². The number of alkyl halides is 3. The summed E-state index contributed by atoms with van der Waals surface area (Å²) in [6.45, 7) is 0. The lowest BCUT2D eigenvalue weighted by Crippen LogP contribution is -2.04. The molecule has 3 rings (SSSR count). The van der Waals surface area contributed by atoms with Gasteiger partial charge < -0.3 is 4.98 Å². The molecule has 1 nitrogen and oxygen atoms in total. The van der Waals surface area contributed by atoms with Crippen LogP contribution in [0.5, 0.6) is 0 Å². The van der Waals surface area contributed by atoms with Gasteiger partial charge in [0.2, 0.25) is 0 Å². The number of benzene rings is 2. The van der Waals surface area contributed by atoms with Gasteiger partial charge in [-0.05, 0) is 30.0 Å². The lowest BCUT2D eigenvalue weighted by molar-refractivity contribution is -0.137. The van der Waals surface area contributed by atoms with Crippen LogP contribution >= 0.6 is 11.8 Å². The Morgan fingerprint density at radius 1 is 1.00 bits per heavy atom. The number of hydrogen-bond acceptors (Lipinski definition) is 1. The molecular weight excluding hydrogens is 295 g/mol. The van der Waals surface area contributed by atoms with Crippen LogP contribution in [0.15, 0.2) is 53.6 Å². The van der Waals surface area contributed by atoms with E-state index in [4.69, 9.17) is 0 Å². The summed E-state index contributed by atoms with van der Waals surface area (Å²) in [5.41, 5.74) is 1.82. The van der Waals surface area contributed by atoms with Gasteiger partial charge in [0.25, 0.3) is 0 Å². The Labute approximate surface area is 124 Å². The maximum Gasteiger partial charge on any atom is 0.416 e. The molecule has 21 heavy (non-hydrogen) atoms. The van der Waals surface area contributed by atoms with Gasteiger partial charge in [0.05, 0.1) is 10.6 Å². The van der Waals surface area contributed by atoms with Crippen molar-refractivity contribution in [2.45, 2.75) is 11.2 Å². The second-order valence-corrected chi connectivity index (χ2v) is 5.47. The molecule has 2 aromatic carbocycles. The molecule has 0 radical (unpaired) electrons. The van der Waals surface area contributed by atoms with E-state index in [0.717, 1.165) is 22.2 Å². The number of rotatable bonds is 2. The molecule has 0 unspecified atom stereocenters. The normalized spacial score (nSPS) is 12.0. The molecule has 0 bridgehead atoms. The van der Waals surface area contributed by atoms with Gasteiger partial charge in [0.15, 0.2) is 0 Å². The Morgan fingerprint density at radius 3 is 2.33 bits per heavy atom. The van der Waals surface area contributed by atoms with E-state index < -0.39 is 11.7 Å². The predicted octanol–water partition coefficient (Wildman–Crippen LogP) is 5.58. The summed E-state index contributed by atoms with van der Waals surface area (Å²) in [4.78, 5) is 3.19. The van der Waals surface area contributed by atoms with Crippen LogP contribution in [0.25, 0.3) is 22.0 Å². The topological polar surface area (TPSA) is 15.8 Å². The molecular formula is C16H12F3NS. The van der Waals surface area contributed by atoms with Crippen LogP contribution in [-0.2, 0) is 6.18 Å². The monoisotopic (exact) mass is 307 g/mol. The first-order chi connectivity index (χ1) is 10.0. The minimum Gasteiger partial charge on any atom is -0.349 e. The van der Waals surface area contributed by atoms with E-state index >= 15 is 0 Å². The smallest absolute Gasteiger partial charge is 0.349 e. The minimum atomic E-state index is -4.33. The molecule has 0 amide bonds. The summed E-state index contributed by atoms with van der Waals surface area (Å²) in [6.07, 6.45) is -2.43. The molecule has 5 heteroatoms. The number of thioether (sulfide) groups is 1. The molecule has 0 saturated heterocycles. The number of aromatic nitrogens is 1. The van der Waals surface area contributed by atoms with Gasteiger partial charge >= 0.3 is 6.18 Å². The molecule has 0 atom stereocenters. The van der Waals surface area contributed by atoms with E-state index in [1.807, 2.05) is 36.6 Å². The lowest BCUT2D eigenvalue weighted by atomic mass is 10.0. The summed E-state index contributed by atoms with van der Waals surface area (Å²) in [7, 11) is 0. The van der Waals surface area contributed by atoms with Crippen LogP contribution in [0.1, 0.15) is 5.56 Å². The molecule has 3 aromatic rings. The molecule has 1 N–H and O–H groups in total. The van der Waals surface area contributed by atoms with Crippen molar-refractivity contribution in [3.05, 3.63) is 54.1 Å². The molecule has 1 heterocycles. The van der Waals surface area contributed by atoms with E-state index in [1.165, 1.54) is 23.9 Å². The highest BCUT2D eigenvalue weighted by Crippen LogP contribution is 2.39. The summed E-state index contributed by atoms with van der Waals surface area (Å²) in [5.74, 6) is 0. The molecule has 0 fully saturated rings. The van der Waals surface area contributed by atoms with Crippen LogP contribution in [0.4, 0.5) is 13.2 Å². The summed E-state index contributed by atoms with van der Waals surface area (Å²) < 4.78 is 38.8. The highest BCUT2D eigenvalue weighted by molar-refractivity contribution is 7.98. The molecule has 0 spiro atoms. The summed E-state index contributed by atoms with van der Waals surface area (Å²) in [5, 5.41) is 1.47. The highest BCUT2D eigenvalue weighted by Gasteiger charge is 2.31. The molecule has 0 aliphatic rings. The molecule has 0 aliphatic heterocycles. The predicted molar refractivity (Wildman–Crippen MR) is 80.5 cm³/mol. The zero-order valence-corrected chi connectivity index (χ0v) is 12.0. The first-order valence-corrected chi connectivity index (χ1v) is 7.55. The molecule has 0 saturated carbocycles. The fourth-order valence-corrected chi connectivity index (χ4v) is 3.03. The number of aromatic amines is 1. The fourth-order valence-electron chi connectivity index (χ4n) is 2.39.